The van der Waals surface area contributed by atoms with Gasteiger partial charge >= 0.3 is 0 Å². The molecule has 3 heteroatoms. The van der Waals surface area contributed by atoms with E-state index in [9.17, 15) is 4.55 Å². The fourth-order valence-electron chi connectivity index (χ4n) is 0.941. The Morgan fingerprint density at radius 2 is 2.08 bits per heavy atom. The van der Waals surface area contributed by atoms with Gasteiger partial charge in [-0.1, -0.05) is 11.3 Å². The van der Waals surface area contributed by atoms with Gasteiger partial charge in [-0.05, 0) is 39.5 Å². The van der Waals surface area contributed by atoms with Crippen LogP contribution in [0.25, 0.3) is 0 Å². The van der Waals surface area contributed by atoms with Crippen LogP contribution in [0.15, 0.2) is 4.40 Å². The van der Waals surface area contributed by atoms with Gasteiger partial charge in [0.1, 0.15) is 16.1 Å². The highest BCUT2D eigenvalue weighted by molar-refractivity contribution is 7.91. The van der Waals surface area contributed by atoms with Gasteiger partial charge in [0.15, 0.2) is 0 Å². The maximum Gasteiger partial charge on any atom is 0.144 e. The summed E-state index contributed by atoms with van der Waals surface area (Å²) in [5.41, 5.74) is 1.14. The lowest BCUT2D eigenvalue weighted by atomic mass is 9.85. The fraction of sp³-hybridized carbons (Fsp3) is 0.889. The van der Waals surface area contributed by atoms with Crippen LogP contribution in [0.4, 0.5) is 0 Å². The lowest BCUT2D eigenvalue weighted by Crippen LogP contribution is -2.31. The third-order valence-electron chi connectivity index (χ3n) is 2.13. The van der Waals surface area contributed by atoms with Crippen molar-refractivity contribution in [1.29, 1.82) is 0 Å². The van der Waals surface area contributed by atoms with Crippen molar-refractivity contribution in [3.05, 3.63) is 0 Å². The van der Waals surface area contributed by atoms with E-state index in [2.05, 4.69) is 11.3 Å². The van der Waals surface area contributed by atoms with Gasteiger partial charge in [-0.25, -0.2) is 0 Å². The Morgan fingerprint density at radius 1 is 1.50 bits per heavy atom. The zero-order valence-corrected chi connectivity index (χ0v) is 9.07. The summed E-state index contributed by atoms with van der Waals surface area (Å²) in [5.74, 6) is 0.566. The molecule has 0 N–H and O–H groups in total. The van der Waals surface area contributed by atoms with E-state index < -0.39 is 11.4 Å². The predicted octanol–water partition coefficient (Wildman–Crippen LogP) is 2.32. The van der Waals surface area contributed by atoms with E-state index in [1.165, 1.54) is 6.42 Å². The van der Waals surface area contributed by atoms with Crippen molar-refractivity contribution in [2.24, 2.45) is 10.3 Å². The maximum atomic E-state index is 11.5. The third-order valence-corrected chi connectivity index (χ3v) is 3.57. The molecule has 2 atom stereocenters. The minimum absolute atomic E-state index is 0.206. The van der Waals surface area contributed by atoms with E-state index in [1.807, 2.05) is 20.8 Å². The predicted molar refractivity (Wildman–Crippen MR) is 53.7 cm³/mol. The summed E-state index contributed by atoms with van der Waals surface area (Å²) in [6, 6.07) is 0. The molecule has 1 aliphatic carbocycles. The van der Waals surface area contributed by atoms with E-state index in [-0.39, 0.29) is 4.75 Å². The average Bonchev–Trinajstić information content (AvgIpc) is 1.95. The van der Waals surface area contributed by atoms with Gasteiger partial charge in [0.25, 0.3) is 0 Å². The van der Waals surface area contributed by atoms with Crippen molar-refractivity contribution >= 4 is 17.1 Å². The van der Waals surface area contributed by atoms with Crippen molar-refractivity contribution in [2.75, 3.05) is 0 Å². The molecule has 0 aromatic heterocycles. The first-order chi connectivity index (χ1) is 5.41. The molecular weight excluding hydrogens is 170 g/mol. The van der Waals surface area contributed by atoms with Gasteiger partial charge in [-0.2, -0.15) is 0 Å². The molecule has 0 aliphatic heterocycles. The molecule has 0 spiro atoms. The quantitative estimate of drug-likeness (QED) is 0.580. The molecule has 1 fully saturated rings. The molecule has 0 saturated heterocycles. The van der Waals surface area contributed by atoms with Crippen LogP contribution in [-0.2, 0) is 11.4 Å². The molecule has 0 radical (unpaired) electrons. The van der Waals surface area contributed by atoms with E-state index in [0.717, 1.165) is 12.1 Å². The van der Waals surface area contributed by atoms with E-state index >= 15 is 0 Å². The highest BCUT2D eigenvalue weighted by Gasteiger charge is 2.30. The van der Waals surface area contributed by atoms with Crippen LogP contribution in [0.1, 0.15) is 40.5 Å². The molecule has 0 aromatic rings. The summed E-state index contributed by atoms with van der Waals surface area (Å²) < 4.78 is 15.6. The SMILES string of the molecule is C[C@H]1CCC1=N[S+]([O-])C(C)(C)C. The van der Waals surface area contributed by atoms with Crippen LogP contribution in [0.3, 0.4) is 0 Å². The first-order valence-electron chi connectivity index (χ1n) is 4.40. The van der Waals surface area contributed by atoms with Gasteiger partial charge in [-0.15, -0.1) is 0 Å². The molecule has 1 rings (SSSR count). The second-order valence-corrected chi connectivity index (χ2v) is 6.29. The molecule has 0 aromatic carbocycles. The maximum absolute atomic E-state index is 11.5. The fourth-order valence-corrected chi connectivity index (χ4v) is 1.70. The van der Waals surface area contributed by atoms with Crippen LogP contribution in [0.2, 0.25) is 0 Å². The number of hydrogen-bond donors (Lipinski definition) is 0. The molecular formula is C9H17NOS. The molecule has 0 heterocycles. The smallest absolute Gasteiger partial charge is 0.144 e. The van der Waals surface area contributed by atoms with Crippen LogP contribution in [0, 0.1) is 5.92 Å². The Balaban J connectivity index is 2.55. The minimum atomic E-state index is -1.05. The van der Waals surface area contributed by atoms with Crippen molar-refractivity contribution in [3.63, 3.8) is 0 Å². The van der Waals surface area contributed by atoms with Crippen molar-refractivity contribution < 1.29 is 4.55 Å². The number of nitrogens with zero attached hydrogens (tertiary/aromatic N) is 1. The summed E-state index contributed by atoms with van der Waals surface area (Å²) in [4.78, 5) is 0. The zero-order valence-electron chi connectivity index (χ0n) is 8.26. The van der Waals surface area contributed by atoms with Crippen LogP contribution < -0.4 is 0 Å². The minimum Gasteiger partial charge on any atom is -0.591 e. The Morgan fingerprint density at radius 3 is 2.33 bits per heavy atom. The normalized spacial score (nSPS) is 30.1. The van der Waals surface area contributed by atoms with Crippen LogP contribution in [0.5, 0.6) is 0 Å². The monoisotopic (exact) mass is 187 g/mol. The summed E-state index contributed by atoms with van der Waals surface area (Å²) in [5, 5.41) is 0. The molecule has 70 valence electrons. The second-order valence-electron chi connectivity index (χ2n) is 4.38. The summed E-state index contributed by atoms with van der Waals surface area (Å²) in [6.45, 7) is 8.01. The van der Waals surface area contributed by atoms with Gasteiger partial charge in [0.2, 0.25) is 0 Å². The van der Waals surface area contributed by atoms with Gasteiger partial charge in [-0.3, -0.25) is 0 Å². The highest BCUT2D eigenvalue weighted by Crippen LogP contribution is 2.26. The van der Waals surface area contributed by atoms with Crippen molar-refractivity contribution in [2.45, 2.75) is 45.3 Å². The van der Waals surface area contributed by atoms with Gasteiger partial charge in [0.05, 0.1) is 5.71 Å². The largest absolute Gasteiger partial charge is 0.591 e. The molecule has 0 amide bonds. The zero-order chi connectivity index (χ0) is 9.35. The van der Waals surface area contributed by atoms with Crippen LogP contribution in [-0.4, -0.2) is 15.0 Å². The van der Waals surface area contributed by atoms with Crippen molar-refractivity contribution in [3.8, 4) is 0 Å². The second kappa shape index (κ2) is 3.38. The Hall–Kier alpha value is -0.0200. The highest BCUT2D eigenvalue weighted by atomic mass is 32.2. The lowest BCUT2D eigenvalue weighted by Gasteiger charge is -2.26. The topological polar surface area (TPSA) is 35.4 Å². The molecule has 1 saturated carbocycles. The first kappa shape index (κ1) is 10.1. The van der Waals surface area contributed by atoms with Gasteiger partial charge in [0, 0.05) is 0 Å². The molecule has 1 unspecified atom stereocenters. The Bertz CT molecular complexity index is 195. The number of rotatable bonds is 1. The average molecular weight is 187 g/mol. The molecule has 0 bridgehead atoms. The summed E-state index contributed by atoms with van der Waals surface area (Å²) >= 11 is -1.05. The van der Waals surface area contributed by atoms with Crippen molar-refractivity contribution in [1.82, 2.24) is 0 Å². The van der Waals surface area contributed by atoms with E-state index in [4.69, 9.17) is 0 Å². The standard InChI is InChI=1S/C9H17NOS/c1-7-5-6-8(7)10-12(11)9(2,3)4/h7H,5-6H2,1-4H3/t7-,12?/m0/s1. The Kier molecular flexibility index (Phi) is 2.84. The van der Waals surface area contributed by atoms with E-state index in [1.54, 1.807) is 0 Å². The summed E-state index contributed by atoms with van der Waals surface area (Å²) in [7, 11) is 0. The van der Waals surface area contributed by atoms with Crippen LogP contribution >= 0.6 is 0 Å². The first-order valence-corrected chi connectivity index (χ1v) is 5.51. The summed E-state index contributed by atoms with van der Waals surface area (Å²) in [6.07, 6.45) is 2.25. The van der Waals surface area contributed by atoms with Gasteiger partial charge < -0.3 is 4.55 Å². The Labute approximate surface area is 77.8 Å². The number of hydrogen-bond acceptors (Lipinski definition) is 2. The molecule has 2 nitrogen and oxygen atoms in total. The lowest BCUT2D eigenvalue weighted by molar-refractivity contribution is 0.556. The molecule has 12 heavy (non-hydrogen) atoms. The molecule has 1 aliphatic rings. The third kappa shape index (κ3) is 2.23. The van der Waals surface area contributed by atoms with E-state index in [0.29, 0.717) is 5.92 Å².